The van der Waals surface area contributed by atoms with Crippen LogP contribution in [0.5, 0.6) is 0 Å². The van der Waals surface area contributed by atoms with Gasteiger partial charge in [0.1, 0.15) is 0 Å². The number of hydrogen-bond donors (Lipinski definition) is 2. The van der Waals surface area contributed by atoms with Gasteiger partial charge in [-0.3, -0.25) is 4.99 Å². The van der Waals surface area contributed by atoms with Gasteiger partial charge < -0.3 is 20.1 Å². The maximum Gasteiger partial charge on any atom is 0.191 e. The first-order chi connectivity index (χ1) is 10.6. The smallest absolute Gasteiger partial charge is 0.191 e. The molecule has 2 N–H and O–H groups in total. The van der Waals surface area contributed by atoms with Crippen LogP contribution < -0.4 is 10.6 Å². The summed E-state index contributed by atoms with van der Waals surface area (Å²) in [6, 6.07) is 0.449. The number of fused-ring (bicyclic) bond motifs is 1. The van der Waals surface area contributed by atoms with Crippen molar-refractivity contribution in [3.63, 3.8) is 0 Å². The third-order valence-corrected chi connectivity index (χ3v) is 5.29. The summed E-state index contributed by atoms with van der Waals surface area (Å²) in [6.07, 6.45) is 4.26. The monoisotopic (exact) mass is 309 g/mol. The van der Waals surface area contributed by atoms with Gasteiger partial charge in [-0.05, 0) is 32.1 Å². The topological polar surface area (TPSA) is 54.9 Å². The zero-order valence-corrected chi connectivity index (χ0v) is 14.2. The van der Waals surface area contributed by atoms with E-state index in [1.165, 1.54) is 12.8 Å². The van der Waals surface area contributed by atoms with Crippen LogP contribution in [-0.2, 0) is 9.47 Å². The third-order valence-electron chi connectivity index (χ3n) is 5.29. The van der Waals surface area contributed by atoms with Crippen LogP contribution in [0.4, 0.5) is 0 Å². The van der Waals surface area contributed by atoms with Gasteiger partial charge in [0.2, 0.25) is 0 Å². The molecular weight excluding hydrogens is 278 g/mol. The second-order valence-corrected chi connectivity index (χ2v) is 7.47. The lowest BCUT2D eigenvalue weighted by Crippen LogP contribution is -2.68. The van der Waals surface area contributed by atoms with E-state index in [0.29, 0.717) is 18.1 Å². The highest BCUT2D eigenvalue weighted by Crippen LogP contribution is 2.52. The summed E-state index contributed by atoms with van der Waals surface area (Å²) in [6.45, 7) is 10.8. The number of aliphatic imine (C=N–C) groups is 1. The van der Waals surface area contributed by atoms with Crippen molar-refractivity contribution in [2.24, 2.45) is 22.2 Å². The Morgan fingerprint density at radius 1 is 1.32 bits per heavy atom. The van der Waals surface area contributed by atoms with Crippen LogP contribution in [0.25, 0.3) is 0 Å². The van der Waals surface area contributed by atoms with Crippen molar-refractivity contribution in [3.05, 3.63) is 0 Å². The molecule has 3 rings (SSSR count). The molecule has 0 aromatic rings. The molecule has 5 heteroatoms. The Labute approximate surface area is 134 Å². The summed E-state index contributed by atoms with van der Waals surface area (Å²) < 4.78 is 11.5. The lowest BCUT2D eigenvalue weighted by Gasteiger charge is -2.54. The maximum absolute atomic E-state index is 5.86. The van der Waals surface area contributed by atoms with Crippen LogP contribution in [0.1, 0.15) is 40.0 Å². The van der Waals surface area contributed by atoms with E-state index in [0.717, 1.165) is 51.2 Å². The van der Waals surface area contributed by atoms with E-state index in [1.54, 1.807) is 0 Å². The fraction of sp³-hybridized carbons (Fsp3) is 0.941. The van der Waals surface area contributed by atoms with Crippen LogP contribution in [0.2, 0.25) is 0 Å². The van der Waals surface area contributed by atoms with E-state index in [-0.39, 0.29) is 5.41 Å². The first-order valence-electron chi connectivity index (χ1n) is 8.87. The molecule has 0 amide bonds. The zero-order valence-electron chi connectivity index (χ0n) is 14.2. The lowest BCUT2D eigenvalue weighted by atomic mass is 9.57. The number of ether oxygens (including phenoxy) is 2. The van der Waals surface area contributed by atoms with Crippen molar-refractivity contribution in [1.82, 2.24) is 10.6 Å². The highest BCUT2D eigenvalue weighted by atomic mass is 16.5. The molecule has 3 atom stereocenters. The van der Waals surface area contributed by atoms with Gasteiger partial charge in [-0.15, -0.1) is 0 Å². The third kappa shape index (κ3) is 3.40. The molecule has 0 bridgehead atoms. The largest absolute Gasteiger partial charge is 0.379 e. The van der Waals surface area contributed by atoms with E-state index in [4.69, 9.17) is 9.47 Å². The van der Waals surface area contributed by atoms with Crippen LogP contribution in [0.3, 0.4) is 0 Å². The molecule has 0 aromatic carbocycles. The Morgan fingerprint density at radius 3 is 2.86 bits per heavy atom. The molecule has 1 heterocycles. The minimum Gasteiger partial charge on any atom is -0.379 e. The average molecular weight is 309 g/mol. The first-order valence-corrected chi connectivity index (χ1v) is 8.87. The molecule has 126 valence electrons. The quantitative estimate of drug-likeness (QED) is 0.428. The number of nitrogens with one attached hydrogen (secondary N) is 2. The van der Waals surface area contributed by atoms with Crippen molar-refractivity contribution >= 4 is 5.96 Å². The maximum atomic E-state index is 5.86. The van der Waals surface area contributed by atoms with Crippen molar-refractivity contribution in [3.8, 4) is 0 Å². The minimum absolute atomic E-state index is 0.180. The molecule has 1 saturated heterocycles. The predicted molar refractivity (Wildman–Crippen MR) is 88.1 cm³/mol. The molecule has 2 aliphatic carbocycles. The van der Waals surface area contributed by atoms with E-state index in [9.17, 15) is 0 Å². The molecule has 0 radical (unpaired) electrons. The predicted octanol–water partition coefficient (Wildman–Crippen LogP) is 1.78. The van der Waals surface area contributed by atoms with E-state index < -0.39 is 0 Å². The molecule has 0 spiro atoms. The van der Waals surface area contributed by atoms with Crippen LogP contribution in [-0.4, -0.2) is 51.0 Å². The van der Waals surface area contributed by atoms with Gasteiger partial charge in [0.05, 0.1) is 19.3 Å². The van der Waals surface area contributed by atoms with Crippen molar-refractivity contribution in [1.29, 1.82) is 0 Å². The van der Waals surface area contributed by atoms with Crippen molar-refractivity contribution < 1.29 is 9.47 Å². The Hall–Kier alpha value is -0.810. The number of hydrogen-bond acceptors (Lipinski definition) is 3. The van der Waals surface area contributed by atoms with Gasteiger partial charge in [-0.2, -0.15) is 0 Å². The Morgan fingerprint density at radius 2 is 2.14 bits per heavy atom. The van der Waals surface area contributed by atoms with Crippen LogP contribution in [0.15, 0.2) is 4.99 Å². The SMILES string of the molecule is CCNC(=NCCOCC1CC1)NC1C2CCOC2C1(C)C. The van der Waals surface area contributed by atoms with E-state index >= 15 is 0 Å². The summed E-state index contributed by atoms with van der Waals surface area (Å²) in [7, 11) is 0. The minimum atomic E-state index is 0.180. The molecule has 3 aliphatic rings. The lowest BCUT2D eigenvalue weighted by molar-refractivity contribution is -0.106. The van der Waals surface area contributed by atoms with E-state index in [2.05, 4.69) is 36.4 Å². The molecule has 22 heavy (non-hydrogen) atoms. The summed E-state index contributed by atoms with van der Waals surface area (Å²) in [4.78, 5) is 4.66. The van der Waals surface area contributed by atoms with Gasteiger partial charge >= 0.3 is 0 Å². The molecule has 3 fully saturated rings. The fourth-order valence-electron chi connectivity index (χ4n) is 3.84. The summed E-state index contributed by atoms with van der Waals surface area (Å²) in [5.41, 5.74) is 0.180. The number of rotatable bonds is 7. The molecular formula is C17H31N3O2. The first kappa shape index (κ1) is 16.1. The standard InChI is InChI=1S/C17H31N3O2/c1-4-18-16(19-8-10-21-11-12-5-6-12)20-14-13-7-9-22-15(13)17(14,2)3/h12-15H,4-11H2,1-3H3,(H2,18,19,20). The molecule has 0 aromatic heterocycles. The number of nitrogens with zero attached hydrogens (tertiary/aromatic N) is 1. The molecule has 3 unspecified atom stereocenters. The average Bonchev–Trinajstić information content (AvgIpc) is 3.19. The summed E-state index contributed by atoms with van der Waals surface area (Å²) in [5, 5.41) is 6.99. The summed E-state index contributed by atoms with van der Waals surface area (Å²) in [5.74, 6) is 2.37. The van der Waals surface area contributed by atoms with E-state index in [1.807, 2.05) is 0 Å². The molecule has 5 nitrogen and oxygen atoms in total. The van der Waals surface area contributed by atoms with Crippen LogP contribution in [0, 0.1) is 17.3 Å². The Kier molecular flexibility index (Phi) is 4.93. The fourth-order valence-corrected chi connectivity index (χ4v) is 3.84. The number of guanidine groups is 1. The van der Waals surface area contributed by atoms with Gasteiger partial charge in [-0.1, -0.05) is 13.8 Å². The van der Waals surface area contributed by atoms with Crippen molar-refractivity contribution in [2.75, 3.05) is 32.9 Å². The Balaban J connectivity index is 1.47. The van der Waals surface area contributed by atoms with Gasteiger partial charge in [0, 0.05) is 37.1 Å². The second-order valence-electron chi connectivity index (χ2n) is 7.47. The van der Waals surface area contributed by atoms with Gasteiger partial charge in [0.15, 0.2) is 5.96 Å². The van der Waals surface area contributed by atoms with Crippen molar-refractivity contribution in [2.45, 2.75) is 52.2 Å². The molecule has 1 aliphatic heterocycles. The Bertz CT molecular complexity index is 407. The zero-order chi connectivity index (χ0) is 15.6. The summed E-state index contributed by atoms with van der Waals surface area (Å²) >= 11 is 0. The molecule has 2 saturated carbocycles. The highest BCUT2D eigenvalue weighted by Gasteiger charge is 2.59. The van der Waals surface area contributed by atoms with Gasteiger partial charge in [-0.25, -0.2) is 0 Å². The normalized spacial score (nSPS) is 33.2. The second kappa shape index (κ2) is 6.75. The highest BCUT2D eigenvalue weighted by molar-refractivity contribution is 5.80. The van der Waals surface area contributed by atoms with Crippen LogP contribution >= 0.6 is 0 Å². The van der Waals surface area contributed by atoms with Gasteiger partial charge in [0.25, 0.3) is 0 Å².